The molecule has 0 saturated carbocycles. The molecule has 5 nitrogen and oxygen atoms in total. The molecule has 5 heteroatoms. The average molecular weight is 327 g/mol. The van der Waals surface area contributed by atoms with E-state index in [1.807, 2.05) is 18.2 Å². The fourth-order valence-electron chi connectivity index (χ4n) is 3.13. The van der Waals surface area contributed by atoms with E-state index >= 15 is 0 Å². The second-order valence-corrected chi connectivity index (χ2v) is 6.38. The van der Waals surface area contributed by atoms with Gasteiger partial charge in [-0.3, -0.25) is 4.79 Å². The molecule has 1 aromatic carbocycles. The molecule has 0 radical (unpaired) electrons. The maximum absolute atomic E-state index is 12.3. The first-order chi connectivity index (χ1) is 11.8. The molecule has 1 atom stereocenters. The molecule has 2 aromatic rings. The Bertz CT molecular complexity index is 658. The van der Waals surface area contributed by atoms with Crippen molar-refractivity contribution in [1.29, 1.82) is 0 Å². The molecule has 1 fully saturated rings. The summed E-state index contributed by atoms with van der Waals surface area (Å²) in [6.07, 6.45) is 4.35. The van der Waals surface area contributed by atoms with Crippen LogP contribution in [-0.4, -0.2) is 24.2 Å². The van der Waals surface area contributed by atoms with Crippen molar-refractivity contribution in [2.24, 2.45) is 0 Å². The summed E-state index contributed by atoms with van der Waals surface area (Å²) in [6.45, 7) is 4.60. The Labute approximate surface area is 142 Å². The van der Waals surface area contributed by atoms with Crippen LogP contribution in [0.3, 0.4) is 0 Å². The highest BCUT2D eigenvalue weighted by atomic mass is 16.5. The van der Waals surface area contributed by atoms with E-state index in [1.54, 1.807) is 0 Å². The minimum Gasteiger partial charge on any atom is -0.359 e. The summed E-state index contributed by atoms with van der Waals surface area (Å²) in [5.41, 5.74) is 2.92. The summed E-state index contributed by atoms with van der Waals surface area (Å²) in [5.74, 6) is 1.16. The van der Waals surface area contributed by atoms with Crippen molar-refractivity contribution in [3.63, 3.8) is 0 Å². The lowest BCUT2D eigenvalue weighted by atomic mass is 9.91. The Morgan fingerprint density at radius 1 is 1.38 bits per heavy atom. The fourth-order valence-corrected chi connectivity index (χ4v) is 3.13. The number of piperidine rings is 1. The Hall–Kier alpha value is -2.14. The third-order valence-corrected chi connectivity index (χ3v) is 4.48. The lowest BCUT2D eigenvalue weighted by molar-refractivity contribution is 0.0947. The molecule has 0 spiro atoms. The molecule has 2 N–H and O–H groups in total. The summed E-state index contributed by atoms with van der Waals surface area (Å²) in [6, 6.07) is 9.86. The first kappa shape index (κ1) is 16.7. The molecule has 0 aliphatic carbocycles. The number of nitrogens with one attached hydrogen (secondary N) is 2. The van der Waals surface area contributed by atoms with Gasteiger partial charge in [0, 0.05) is 18.2 Å². The van der Waals surface area contributed by atoms with Crippen LogP contribution in [-0.2, 0) is 13.0 Å². The van der Waals surface area contributed by atoms with Crippen LogP contribution in [0.15, 0.2) is 34.9 Å². The fraction of sp³-hybridized carbons (Fsp3) is 0.474. The van der Waals surface area contributed by atoms with E-state index in [-0.39, 0.29) is 5.91 Å². The molecule has 0 unspecified atom stereocenters. The second kappa shape index (κ2) is 8.11. The molecular formula is C19H25N3O2. The highest BCUT2D eigenvalue weighted by molar-refractivity contribution is 5.94. The summed E-state index contributed by atoms with van der Waals surface area (Å²) >= 11 is 0. The number of hydrogen-bond donors (Lipinski definition) is 2. The monoisotopic (exact) mass is 327 g/mol. The van der Waals surface area contributed by atoms with Crippen molar-refractivity contribution in [1.82, 2.24) is 15.8 Å². The van der Waals surface area contributed by atoms with Crippen LogP contribution >= 0.6 is 0 Å². The Kier molecular flexibility index (Phi) is 5.64. The third-order valence-electron chi connectivity index (χ3n) is 4.48. The number of amides is 1. The van der Waals surface area contributed by atoms with E-state index in [1.165, 1.54) is 18.4 Å². The van der Waals surface area contributed by atoms with Crippen LogP contribution in [0.25, 0.3) is 0 Å². The molecule has 0 bridgehead atoms. The SMILES string of the molecule is CCCc1cc(CNC(=O)c2ccc([C@H]3CCCNC3)cc2)on1. The summed E-state index contributed by atoms with van der Waals surface area (Å²) < 4.78 is 5.23. The van der Waals surface area contributed by atoms with Gasteiger partial charge in [-0.05, 0) is 49.4 Å². The van der Waals surface area contributed by atoms with Crippen LogP contribution < -0.4 is 10.6 Å². The lowest BCUT2D eigenvalue weighted by Crippen LogP contribution is -2.28. The molecule has 2 heterocycles. The van der Waals surface area contributed by atoms with Crippen LogP contribution in [0.1, 0.15) is 59.5 Å². The Balaban J connectivity index is 1.54. The molecule has 3 rings (SSSR count). The van der Waals surface area contributed by atoms with Crippen molar-refractivity contribution in [2.75, 3.05) is 13.1 Å². The van der Waals surface area contributed by atoms with Crippen LogP contribution in [0.2, 0.25) is 0 Å². The predicted molar refractivity (Wildman–Crippen MR) is 93.0 cm³/mol. The van der Waals surface area contributed by atoms with Gasteiger partial charge in [-0.2, -0.15) is 0 Å². The van der Waals surface area contributed by atoms with Crippen molar-refractivity contribution in [3.8, 4) is 0 Å². The first-order valence-electron chi connectivity index (χ1n) is 8.79. The van der Waals surface area contributed by atoms with E-state index in [4.69, 9.17) is 4.52 Å². The maximum atomic E-state index is 12.3. The van der Waals surface area contributed by atoms with Gasteiger partial charge in [0.2, 0.25) is 0 Å². The number of aromatic nitrogens is 1. The second-order valence-electron chi connectivity index (χ2n) is 6.38. The standard InChI is InChI=1S/C19H25N3O2/c1-2-4-17-11-18(24-22-17)13-21-19(23)15-8-6-14(7-9-15)16-5-3-10-20-12-16/h6-9,11,16,20H,2-5,10,12-13H2,1H3,(H,21,23)/t16-/m0/s1. The molecule has 1 saturated heterocycles. The molecule has 24 heavy (non-hydrogen) atoms. The highest BCUT2D eigenvalue weighted by Gasteiger charge is 2.15. The minimum absolute atomic E-state index is 0.0863. The predicted octanol–water partition coefficient (Wildman–Crippen LogP) is 3.02. The molecule has 1 amide bonds. The topological polar surface area (TPSA) is 67.2 Å². The molecule has 1 aliphatic heterocycles. The number of nitrogens with zero attached hydrogens (tertiary/aromatic N) is 1. The Morgan fingerprint density at radius 2 is 2.21 bits per heavy atom. The summed E-state index contributed by atoms with van der Waals surface area (Å²) in [7, 11) is 0. The van der Waals surface area contributed by atoms with Gasteiger partial charge in [0.1, 0.15) is 0 Å². The number of benzene rings is 1. The van der Waals surface area contributed by atoms with Gasteiger partial charge in [0.15, 0.2) is 5.76 Å². The van der Waals surface area contributed by atoms with Gasteiger partial charge < -0.3 is 15.2 Å². The molecule has 1 aromatic heterocycles. The number of carbonyl (C=O) groups excluding carboxylic acids is 1. The van der Waals surface area contributed by atoms with Gasteiger partial charge in [0.25, 0.3) is 5.91 Å². The van der Waals surface area contributed by atoms with Gasteiger partial charge in [-0.1, -0.05) is 30.6 Å². The van der Waals surface area contributed by atoms with Crippen molar-refractivity contribution in [3.05, 3.63) is 52.9 Å². The number of carbonyl (C=O) groups is 1. The van der Waals surface area contributed by atoms with Gasteiger partial charge in [-0.25, -0.2) is 0 Å². The van der Waals surface area contributed by atoms with Crippen molar-refractivity contribution in [2.45, 2.75) is 45.1 Å². The zero-order valence-corrected chi connectivity index (χ0v) is 14.2. The van der Waals surface area contributed by atoms with E-state index in [2.05, 4.69) is 34.8 Å². The number of rotatable bonds is 6. The Morgan fingerprint density at radius 3 is 2.92 bits per heavy atom. The maximum Gasteiger partial charge on any atom is 0.251 e. The average Bonchev–Trinajstić information content (AvgIpc) is 3.08. The van der Waals surface area contributed by atoms with Gasteiger partial charge in [0.05, 0.1) is 12.2 Å². The van der Waals surface area contributed by atoms with E-state index in [9.17, 15) is 4.79 Å². The normalized spacial score (nSPS) is 17.6. The number of aryl methyl sites for hydroxylation is 1. The molecule has 1 aliphatic rings. The lowest BCUT2D eigenvalue weighted by Gasteiger charge is -2.23. The summed E-state index contributed by atoms with van der Waals surface area (Å²) in [4.78, 5) is 12.3. The quantitative estimate of drug-likeness (QED) is 0.856. The van der Waals surface area contributed by atoms with Gasteiger partial charge >= 0.3 is 0 Å². The van der Waals surface area contributed by atoms with E-state index in [0.717, 1.165) is 31.6 Å². The molecule has 128 valence electrons. The summed E-state index contributed by atoms with van der Waals surface area (Å²) in [5, 5.41) is 10.3. The highest BCUT2D eigenvalue weighted by Crippen LogP contribution is 2.23. The van der Waals surface area contributed by atoms with Crippen LogP contribution in [0.4, 0.5) is 0 Å². The minimum atomic E-state index is -0.0863. The molecular weight excluding hydrogens is 302 g/mol. The van der Waals surface area contributed by atoms with E-state index < -0.39 is 0 Å². The van der Waals surface area contributed by atoms with Crippen LogP contribution in [0.5, 0.6) is 0 Å². The first-order valence-corrected chi connectivity index (χ1v) is 8.79. The van der Waals surface area contributed by atoms with Crippen molar-refractivity contribution >= 4 is 5.91 Å². The largest absolute Gasteiger partial charge is 0.359 e. The van der Waals surface area contributed by atoms with Gasteiger partial charge in [-0.15, -0.1) is 0 Å². The zero-order chi connectivity index (χ0) is 16.8. The zero-order valence-electron chi connectivity index (χ0n) is 14.2. The van der Waals surface area contributed by atoms with Crippen LogP contribution in [0, 0.1) is 0 Å². The number of hydrogen-bond acceptors (Lipinski definition) is 4. The van der Waals surface area contributed by atoms with E-state index in [0.29, 0.717) is 23.8 Å². The van der Waals surface area contributed by atoms with Crippen molar-refractivity contribution < 1.29 is 9.32 Å². The smallest absolute Gasteiger partial charge is 0.251 e. The third kappa shape index (κ3) is 4.23.